The van der Waals surface area contributed by atoms with Gasteiger partial charge in [0, 0.05) is 12.7 Å². The fraction of sp³-hybridized carbons (Fsp3) is 0.500. The lowest BCUT2D eigenvalue weighted by Gasteiger charge is -2.21. The molecule has 0 spiro atoms. The number of hydrogen-bond acceptors (Lipinski definition) is 4. The third-order valence-electron chi connectivity index (χ3n) is 4.36. The topological polar surface area (TPSA) is 34.1 Å². The number of hydrogen-bond donors (Lipinski definition) is 1. The molecule has 0 aliphatic heterocycles. The van der Waals surface area contributed by atoms with Gasteiger partial charge in [0.05, 0.1) is 12.0 Å². The summed E-state index contributed by atoms with van der Waals surface area (Å²) in [4.78, 5) is 5.76. The van der Waals surface area contributed by atoms with Crippen LogP contribution in [-0.2, 0) is 6.54 Å². The van der Waals surface area contributed by atoms with Crippen LogP contribution >= 0.6 is 11.3 Å². The zero-order valence-electron chi connectivity index (χ0n) is 13.2. The summed E-state index contributed by atoms with van der Waals surface area (Å²) in [7, 11) is 1.69. The summed E-state index contributed by atoms with van der Waals surface area (Å²) in [6.45, 7) is 2.02. The van der Waals surface area contributed by atoms with Crippen LogP contribution in [0.25, 0.3) is 10.4 Å². The van der Waals surface area contributed by atoms with Gasteiger partial charge in [-0.15, -0.1) is 11.3 Å². The Bertz CT molecular complexity index is 573. The van der Waals surface area contributed by atoms with E-state index in [1.54, 1.807) is 18.4 Å². The molecule has 1 N–H and O–H groups in total. The third kappa shape index (κ3) is 4.08. The van der Waals surface area contributed by atoms with Crippen LogP contribution in [0.4, 0.5) is 0 Å². The summed E-state index contributed by atoms with van der Waals surface area (Å²) < 4.78 is 5.20. The van der Waals surface area contributed by atoms with Crippen molar-refractivity contribution >= 4 is 11.3 Å². The van der Waals surface area contributed by atoms with Crippen molar-refractivity contribution in [2.75, 3.05) is 13.7 Å². The Labute approximate surface area is 136 Å². The van der Waals surface area contributed by atoms with Gasteiger partial charge in [-0.05, 0) is 55.1 Å². The van der Waals surface area contributed by atoms with Crippen LogP contribution in [0.1, 0.15) is 37.1 Å². The van der Waals surface area contributed by atoms with Gasteiger partial charge in [0.15, 0.2) is 0 Å². The van der Waals surface area contributed by atoms with Gasteiger partial charge in [-0.2, -0.15) is 0 Å². The summed E-state index contributed by atoms with van der Waals surface area (Å²) >= 11 is 1.77. The van der Waals surface area contributed by atoms with Crippen LogP contribution in [-0.4, -0.2) is 18.6 Å². The number of rotatable bonds is 6. The highest BCUT2D eigenvalue weighted by molar-refractivity contribution is 7.15. The molecule has 1 fully saturated rings. The summed E-state index contributed by atoms with van der Waals surface area (Å²) in [6, 6.07) is 8.17. The molecule has 3 nitrogen and oxygen atoms in total. The highest BCUT2D eigenvalue weighted by Gasteiger charge is 2.13. The second-order valence-electron chi connectivity index (χ2n) is 5.98. The zero-order chi connectivity index (χ0) is 15.2. The van der Waals surface area contributed by atoms with E-state index in [-0.39, 0.29) is 0 Å². The number of nitrogens with zero attached hydrogens (tertiary/aromatic N) is 1. The molecule has 1 heterocycles. The molecule has 1 aromatic heterocycles. The predicted octanol–water partition coefficient (Wildman–Crippen LogP) is 4.49. The zero-order valence-corrected chi connectivity index (χ0v) is 14.0. The number of benzene rings is 1. The van der Waals surface area contributed by atoms with E-state index in [1.807, 2.05) is 18.3 Å². The van der Waals surface area contributed by atoms with Crippen molar-refractivity contribution in [2.24, 2.45) is 5.92 Å². The quantitative estimate of drug-likeness (QED) is 0.852. The highest BCUT2D eigenvalue weighted by atomic mass is 32.1. The molecule has 22 heavy (non-hydrogen) atoms. The lowest BCUT2D eigenvalue weighted by Crippen LogP contribution is -2.24. The maximum Gasteiger partial charge on any atom is 0.118 e. The Balaban J connectivity index is 1.51. The summed E-state index contributed by atoms with van der Waals surface area (Å²) in [6.07, 6.45) is 9.00. The van der Waals surface area contributed by atoms with Crippen molar-refractivity contribution in [3.05, 3.63) is 35.5 Å². The highest BCUT2D eigenvalue weighted by Crippen LogP contribution is 2.28. The lowest BCUT2D eigenvalue weighted by atomic mass is 9.89. The molecule has 0 bridgehead atoms. The van der Waals surface area contributed by atoms with Crippen molar-refractivity contribution in [2.45, 2.75) is 38.6 Å². The first kappa shape index (κ1) is 15.5. The normalized spacial score (nSPS) is 15.9. The largest absolute Gasteiger partial charge is 0.497 e. The first-order valence-electron chi connectivity index (χ1n) is 8.15. The summed E-state index contributed by atoms with van der Waals surface area (Å²) in [5.74, 6) is 1.76. The maximum absolute atomic E-state index is 5.20. The number of nitrogens with one attached hydrogen (secondary N) is 1. The molecule has 0 unspecified atom stereocenters. The molecular weight excluding hydrogens is 292 g/mol. The molecule has 4 heteroatoms. The van der Waals surface area contributed by atoms with Crippen molar-refractivity contribution in [3.8, 4) is 16.2 Å². The van der Waals surface area contributed by atoms with Crippen LogP contribution < -0.4 is 10.1 Å². The predicted molar refractivity (Wildman–Crippen MR) is 92.4 cm³/mol. The minimum atomic E-state index is 0.870. The number of ether oxygens (including phenoxy) is 1. The fourth-order valence-corrected chi connectivity index (χ4v) is 3.95. The van der Waals surface area contributed by atoms with Crippen molar-refractivity contribution in [3.63, 3.8) is 0 Å². The second kappa shape index (κ2) is 7.75. The van der Waals surface area contributed by atoms with Gasteiger partial charge in [0.25, 0.3) is 0 Å². The van der Waals surface area contributed by atoms with Gasteiger partial charge in [0.1, 0.15) is 10.8 Å². The van der Waals surface area contributed by atoms with Crippen LogP contribution in [0.5, 0.6) is 5.75 Å². The van der Waals surface area contributed by atoms with Crippen molar-refractivity contribution in [1.82, 2.24) is 10.3 Å². The lowest BCUT2D eigenvalue weighted by molar-refractivity contribution is 0.342. The number of aromatic nitrogens is 1. The standard InChI is InChI=1S/C18H24N2OS/c1-21-16-9-7-15(8-10-16)17-12-20-18(22-17)13-19-11-14-5-3-2-4-6-14/h7-10,12,14,19H,2-6,11,13H2,1H3. The Hall–Kier alpha value is -1.39. The number of methoxy groups -OCH3 is 1. The molecular formula is C18H24N2OS. The molecule has 118 valence electrons. The third-order valence-corrected chi connectivity index (χ3v) is 5.41. The first-order valence-corrected chi connectivity index (χ1v) is 8.96. The molecule has 0 atom stereocenters. The smallest absolute Gasteiger partial charge is 0.118 e. The molecule has 0 amide bonds. The molecule has 1 aromatic carbocycles. The van der Waals surface area contributed by atoms with E-state index in [2.05, 4.69) is 22.4 Å². The molecule has 1 aliphatic rings. The van der Waals surface area contributed by atoms with Crippen LogP contribution in [0.2, 0.25) is 0 Å². The van der Waals surface area contributed by atoms with E-state index in [9.17, 15) is 0 Å². The molecule has 0 radical (unpaired) electrons. The summed E-state index contributed by atoms with van der Waals surface area (Å²) in [5.41, 5.74) is 1.21. The van der Waals surface area contributed by atoms with E-state index in [1.165, 1.54) is 47.6 Å². The molecule has 1 aliphatic carbocycles. The molecule has 2 aromatic rings. The van der Waals surface area contributed by atoms with Crippen LogP contribution in [0, 0.1) is 5.92 Å². The van der Waals surface area contributed by atoms with E-state index in [0.717, 1.165) is 24.8 Å². The minimum absolute atomic E-state index is 0.870. The first-order chi connectivity index (χ1) is 10.8. The van der Waals surface area contributed by atoms with Crippen LogP contribution in [0.3, 0.4) is 0 Å². The van der Waals surface area contributed by atoms with Gasteiger partial charge in [-0.3, -0.25) is 0 Å². The Morgan fingerprint density at radius 3 is 2.68 bits per heavy atom. The van der Waals surface area contributed by atoms with Crippen molar-refractivity contribution in [1.29, 1.82) is 0 Å². The van der Waals surface area contributed by atoms with Gasteiger partial charge >= 0.3 is 0 Å². The van der Waals surface area contributed by atoms with Gasteiger partial charge in [0.2, 0.25) is 0 Å². The minimum Gasteiger partial charge on any atom is -0.497 e. The van der Waals surface area contributed by atoms with Gasteiger partial charge in [-0.25, -0.2) is 4.98 Å². The van der Waals surface area contributed by atoms with Crippen LogP contribution in [0.15, 0.2) is 30.5 Å². The van der Waals surface area contributed by atoms with Gasteiger partial charge < -0.3 is 10.1 Å². The van der Waals surface area contributed by atoms with E-state index < -0.39 is 0 Å². The maximum atomic E-state index is 5.20. The second-order valence-corrected chi connectivity index (χ2v) is 7.10. The SMILES string of the molecule is COc1ccc(-c2cnc(CNCC3CCCCC3)s2)cc1. The van der Waals surface area contributed by atoms with E-state index >= 15 is 0 Å². The average molecular weight is 316 g/mol. The molecule has 3 rings (SSSR count). The van der Waals surface area contributed by atoms with E-state index in [0.29, 0.717) is 0 Å². The van der Waals surface area contributed by atoms with E-state index in [4.69, 9.17) is 4.74 Å². The molecule has 0 saturated heterocycles. The average Bonchev–Trinajstić information content (AvgIpc) is 3.05. The Morgan fingerprint density at radius 2 is 1.95 bits per heavy atom. The van der Waals surface area contributed by atoms with Gasteiger partial charge in [-0.1, -0.05) is 19.3 Å². The fourth-order valence-electron chi connectivity index (χ4n) is 3.06. The van der Waals surface area contributed by atoms with Crippen molar-refractivity contribution < 1.29 is 4.74 Å². The molecule has 1 saturated carbocycles. The Morgan fingerprint density at radius 1 is 1.18 bits per heavy atom. The number of thiazole rings is 1. The monoisotopic (exact) mass is 316 g/mol. The Kier molecular flexibility index (Phi) is 5.46. The summed E-state index contributed by atoms with van der Waals surface area (Å²) in [5, 5.41) is 4.75.